The van der Waals surface area contributed by atoms with Gasteiger partial charge in [-0.3, -0.25) is 18.6 Å². The van der Waals surface area contributed by atoms with Crippen LogP contribution in [-0.4, -0.2) is 74.9 Å². The molecule has 1 N–H and O–H groups in total. The van der Waals surface area contributed by atoms with Crippen molar-refractivity contribution in [2.75, 3.05) is 47.5 Å². The number of rotatable bonds is 35. The number of ether oxygens (including phenoxy) is 2. The molecule has 0 radical (unpaired) electrons. The lowest BCUT2D eigenvalue weighted by atomic mass is 10.1. The number of unbranched alkanes of at least 4 members (excludes halogenated alkanes) is 19. The van der Waals surface area contributed by atoms with Gasteiger partial charge >= 0.3 is 19.8 Å². The SMILES string of the molecule is CCCCCC/C=C\CCCCCCCC(=O)OC[C@H](COP(=O)(O)OCC[N+](C)(C)C)OC(=O)CCCCCCCCCCCCC. The molecule has 0 aromatic rings. The van der Waals surface area contributed by atoms with Gasteiger partial charge in [-0.2, -0.15) is 0 Å². The fourth-order valence-electron chi connectivity index (χ4n) is 5.18. The van der Waals surface area contributed by atoms with Crippen molar-refractivity contribution in [3.8, 4) is 0 Å². The highest BCUT2D eigenvalue weighted by molar-refractivity contribution is 7.47. The van der Waals surface area contributed by atoms with Gasteiger partial charge in [0.05, 0.1) is 27.7 Å². The standard InChI is InChI=1S/C38H74NO8P/c1-6-8-10-12-14-16-18-19-21-22-24-26-28-30-37(40)44-34-36(35-46-48(42,43)45-33-32-39(3,4)5)47-38(41)31-29-27-25-23-20-17-15-13-11-9-7-2/h16,18,36H,6-15,17,19-35H2,1-5H3/p+1/b18-16-/t36-/m1/s1. The van der Waals surface area contributed by atoms with Crippen LogP contribution in [0.2, 0.25) is 0 Å². The largest absolute Gasteiger partial charge is 0.472 e. The molecule has 1 unspecified atom stereocenters. The van der Waals surface area contributed by atoms with E-state index in [4.69, 9.17) is 18.5 Å². The quantitative estimate of drug-likeness (QED) is 0.0228. The number of phosphoric acid groups is 1. The maximum absolute atomic E-state index is 12.6. The van der Waals surface area contributed by atoms with Crippen LogP contribution >= 0.6 is 7.82 Å². The van der Waals surface area contributed by atoms with Crippen LogP contribution < -0.4 is 0 Å². The predicted octanol–water partition coefficient (Wildman–Crippen LogP) is 10.2. The molecule has 0 heterocycles. The Balaban J connectivity index is 4.43. The van der Waals surface area contributed by atoms with E-state index in [1.54, 1.807) is 0 Å². The Bertz CT molecular complexity index is 845. The normalized spacial score (nSPS) is 13.9. The summed E-state index contributed by atoms with van der Waals surface area (Å²) in [6, 6.07) is 0. The van der Waals surface area contributed by atoms with Gasteiger partial charge in [-0.25, -0.2) is 4.57 Å². The molecule has 0 rings (SSSR count). The molecular weight excluding hydrogens is 629 g/mol. The molecule has 0 bridgehead atoms. The van der Waals surface area contributed by atoms with Gasteiger partial charge in [-0.1, -0.05) is 129 Å². The van der Waals surface area contributed by atoms with Crippen LogP contribution in [0.4, 0.5) is 0 Å². The summed E-state index contributed by atoms with van der Waals surface area (Å²) in [7, 11) is 1.48. The Morgan fingerprint density at radius 3 is 1.56 bits per heavy atom. The third kappa shape index (κ3) is 34.6. The smallest absolute Gasteiger partial charge is 0.462 e. The Labute approximate surface area is 295 Å². The second-order valence-corrected chi connectivity index (χ2v) is 15.8. The van der Waals surface area contributed by atoms with Crippen LogP contribution in [0.25, 0.3) is 0 Å². The number of phosphoric ester groups is 1. The lowest BCUT2D eigenvalue weighted by molar-refractivity contribution is -0.870. The first-order chi connectivity index (χ1) is 23.0. The van der Waals surface area contributed by atoms with Crippen LogP contribution in [0.1, 0.15) is 168 Å². The minimum Gasteiger partial charge on any atom is -0.462 e. The molecule has 0 aromatic heterocycles. The third-order valence-electron chi connectivity index (χ3n) is 8.30. The number of carbonyl (C=O) groups excluding carboxylic acids is 2. The van der Waals surface area contributed by atoms with Crippen LogP contribution in [0.3, 0.4) is 0 Å². The van der Waals surface area contributed by atoms with Crippen molar-refractivity contribution in [2.45, 2.75) is 174 Å². The van der Waals surface area contributed by atoms with E-state index in [0.717, 1.165) is 51.4 Å². The van der Waals surface area contributed by atoms with E-state index in [-0.39, 0.29) is 32.0 Å². The highest BCUT2D eigenvalue weighted by Gasteiger charge is 2.27. The molecular formula is C38H75NO8P+. The maximum atomic E-state index is 12.6. The minimum absolute atomic E-state index is 0.0331. The summed E-state index contributed by atoms with van der Waals surface area (Å²) >= 11 is 0. The zero-order chi connectivity index (χ0) is 35.8. The van der Waals surface area contributed by atoms with Crippen molar-refractivity contribution in [1.29, 1.82) is 0 Å². The average molecular weight is 705 g/mol. The van der Waals surface area contributed by atoms with E-state index in [1.165, 1.54) is 83.5 Å². The van der Waals surface area contributed by atoms with E-state index < -0.39 is 26.5 Å². The van der Waals surface area contributed by atoms with E-state index >= 15 is 0 Å². The van der Waals surface area contributed by atoms with Crippen molar-refractivity contribution < 1.29 is 42.1 Å². The molecule has 0 saturated carbocycles. The van der Waals surface area contributed by atoms with Crippen molar-refractivity contribution in [3.05, 3.63) is 12.2 Å². The molecule has 284 valence electrons. The predicted molar refractivity (Wildman–Crippen MR) is 197 cm³/mol. The van der Waals surface area contributed by atoms with Gasteiger partial charge in [0, 0.05) is 12.8 Å². The zero-order valence-corrected chi connectivity index (χ0v) is 32.6. The van der Waals surface area contributed by atoms with E-state index in [2.05, 4.69) is 26.0 Å². The number of allylic oxidation sites excluding steroid dienone is 2. The number of esters is 2. The van der Waals surface area contributed by atoms with Crippen LogP contribution in [0, 0.1) is 0 Å². The van der Waals surface area contributed by atoms with Gasteiger partial charge in [-0.15, -0.1) is 0 Å². The summed E-state index contributed by atoms with van der Waals surface area (Å²) < 4.78 is 34.1. The molecule has 0 aliphatic heterocycles. The topological polar surface area (TPSA) is 108 Å². The summed E-state index contributed by atoms with van der Waals surface area (Å²) in [5.41, 5.74) is 0. The minimum atomic E-state index is -4.36. The van der Waals surface area contributed by atoms with Crippen LogP contribution in [-0.2, 0) is 32.7 Å². The molecule has 0 amide bonds. The van der Waals surface area contributed by atoms with E-state index in [1.807, 2.05) is 21.1 Å². The molecule has 10 heteroatoms. The van der Waals surface area contributed by atoms with Crippen molar-refractivity contribution in [1.82, 2.24) is 0 Å². The number of carbonyl (C=O) groups is 2. The first-order valence-electron chi connectivity index (χ1n) is 19.4. The zero-order valence-electron chi connectivity index (χ0n) is 31.7. The monoisotopic (exact) mass is 705 g/mol. The van der Waals surface area contributed by atoms with Crippen molar-refractivity contribution >= 4 is 19.8 Å². The molecule has 0 aliphatic rings. The van der Waals surface area contributed by atoms with Gasteiger partial charge in [0.2, 0.25) is 0 Å². The van der Waals surface area contributed by atoms with Crippen LogP contribution in [0.5, 0.6) is 0 Å². The molecule has 0 saturated heterocycles. The highest BCUT2D eigenvalue weighted by Crippen LogP contribution is 2.43. The Morgan fingerprint density at radius 2 is 1.06 bits per heavy atom. The van der Waals surface area contributed by atoms with E-state index in [0.29, 0.717) is 17.4 Å². The fraction of sp³-hybridized carbons (Fsp3) is 0.895. The summed E-state index contributed by atoms with van der Waals surface area (Å²) in [4.78, 5) is 35.1. The third-order valence-corrected chi connectivity index (χ3v) is 9.28. The van der Waals surface area contributed by atoms with Gasteiger partial charge in [0.25, 0.3) is 0 Å². The van der Waals surface area contributed by atoms with Gasteiger partial charge in [0.15, 0.2) is 6.10 Å². The van der Waals surface area contributed by atoms with Crippen LogP contribution in [0.15, 0.2) is 12.2 Å². The fourth-order valence-corrected chi connectivity index (χ4v) is 5.93. The van der Waals surface area contributed by atoms with Gasteiger partial charge in [0.1, 0.15) is 19.8 Å². The number of hydrogen-bond acceptors (Lipinski definition) is 7. The summed E-state index contributed by atoms with van der Waals surface area (Å²) in [5, 5.41) is 0. The summed E-state index contributed by atoms with van der Waals surface area (Å²) in [5.74, 6) is -0.806. The number of likely N-dealkylation sites (N-methyl/N-ethyl adjacent to an activating group) is 1. The first-order valence-corrected chi connectivity index (χ1v) is 20.9. The summed E-state index contributed by atoms with van der Waals surface area (Å²) in [6.45, 7) is 4.38. The molecule has 2 atom stereocenters. The molecule has 0 aromatic carbocycles. The number of hydrogen-bond donors (Lipinski definition) is 1. The molecule has 0 fully saturated rings. The molecule has 9 nitrogen and oxygen atoms in total. The molecule has 48 heavy (non-hydrogen) atoms. The number of quaternary nitrogens is 1. The average Bonchev–Trinajstić information content (AvgIpc) is 3.02. The first kappa shape index (κ1) is 46.8. The molecule has 0 aliphatic carbocycles. The Hall–Kier alpha value is -1.25. The lowest BCUT2D eigenvalue weighted by Gasteiger charge is -2.24. The maximum Gasteiger partial charge on any atom is 0.472 e. The second kappa shape index (κ2) is 31.7. The lowest BCUT2D eigenvalue weighted by Crippen LogP contribution is -2.37. The Kier molecular flexibility index (Phi) is 30.9. The van der Waals surface area contributed by atoms with Gasteiger partial charge in [-0.05, 0) is 38.5 Å². The molecule has 0 spiro atoms. The summed E-state index contributed by atoms with van der Waals surface area (Å²) in [6.07, 6.45) is 29.7. The second-order valence-electron chi connectivity index (χ2n) is 14.3. The number of nitrogens with zero attached hydrogens (tertiary/aromatic N) is 1. The van der Waals surface area contributed by atoms with Crippen molar-refractivity contribution in [3.63, 3.8) is 0 Å². The van der Waals surface area contributed by atoms with E-state index in [9.17, 15) is 19.0 Å². The van der Waals surface area contributed by atoms with Gasteiger partial charge < -0.3 is 18.9 Å². The highest BCUT2D eigenvalue weighted by atomic mass is 31.2. The van der Waals surface area contributed by atoms with Crippen molar-refractivity contribution in [2.24, 2.45) is 0 Å². The Morgan fingerprint density at radius 1 is 0.625 bits per heavy atom.